The van der Waals surface area contributed by atoms with Gasteiger partial charge in [0, 0.05) is 12.1 Å². The lowest BCUT2D eigenvalue weighted by molar-refractivity contribution is -0.134. The summed E-state index contributed by atoms with van der Waals surface area (Å²) in [5.41, 5.74) is 2.43. The topological polar surface area (TPSA) is 55.2 Å². The molecular weight excluding hydrogens is 394 g/mol. The zero-order valence-electron chi connectivity index (χ0n) is 17.7. The van der Waals surface area contributed by atoms with E-state index in [9.17, 15) is 9.59 Å². The molecule has 5 nitrogen and oxygen atoms in total. The van der Waals surface area contributed by atoms with Crippen LogP contribution in [-0.2, 0) is 4.79 Å². The third-order valence-electron chi connectivity index (χ3n) is 5.84. The van der Waals surface area contributed by atoms with Crippen LogP contribution >= 0.6 is 11.8 Å². The molecule has 0 spiro atoms. The predicted molar refractivity (Wildman–Crippen MR) is 122 cm³/mol. The molecule has 156 valence electrons. The summed E-state index contributed by atoms with van der Waals surface area (Å²) >= 11 is 1.34. The van der Waals surface area contributed by atoms with E-state index < -0.39 is 0 Å². The first kappa shape index (κ1) is 20.7. The van der Waals surface area contributed by atoms with Crippen LogP contribution in [0.5, 0.6) is 0 Å². The molecule has 3 aromatic rings. The molecule has 1 fully saturated rings. The Kier molecular flexibility index (Phi) is 5.95. The van der Waals surface area contributed by atoms with Crippen molar-refractivity contribution in [3.63, 3.8) is 0 Å². The zero-order valence-corrected chi connectivity index (χ0v) is 18.5. The fourth-order valence-electron chi connectivity index (χ4n) is 4.24. The first-order valence-electron chi connectivity index (χ1n) is 10.5. The number of rotatable bonds is 4. The van der Waals surface area contributed by atoms with Gasteiger partial charge < -0.3 is 4.90 Å². The van der Waals surface area contributed by atoms with Gasteiger partial charge in [0.1, 0.15) is 0 Å². The Bertz CT molecular complexity index is 1110. The molecular formula is C24H27N3O2S. The van der Waals surface area contributed by atoms with Crippen LogP contribution in [-0.4, -0.2) is 38.2 Å². The summed E-state index contributed by atoms with van der Waals surface area (Å²) in [7, 11) is 0. The molecule has 0 bridgehead atoms. The third kappa shape index (κ3) is 4.01. The van der Waals surface area contributed by atoms with Gasteiger partial charge in [0.2, 0.25) is 5.91 Å². The minimum absolute atomic E-state index is 0.109. The van der Waals surface area contributed by atoms with Crippen molar-refractivity contribution in [3.05, 3.63) is 64.4 Å². The number of para-hydroxylation sites is 1. The maximum absolute atomic E-state index is 13.3. The molecule has 0 radical (unpaired) electrons. The van der Waals surface area contributed by atoms with Gasteiger partial charge in [-0.15, -0.1) is 0 Å². The number of aromatic nitrogens is 2. The van der Waals surface area contributed by atoms with Crippen LogP contribution in [0.3, 0.4) is 0 Å². The van der Waals surface area contributed by atoms with E-state index in [-0.39, 0.29) is 29.3 Å². The average Bonchev–Trinajstić information content (AvgIpc) is 2.73. The maximum Gasteiger partial charge on any atom is 0.266 e. The largest absolute Gasteiger partial charge is 0.337 e. The van der Waals surface area contributed by atoms with Crippen LogP contribution in [0.15, 0.2) is 58.5 Å². The Balaban J connectivity index is 1.70. The monoisotopic (exact) mass is 421 g/mol. The van der Waals surface area contributed by atoms with Gasteiger partial charge in [0.05, 0.1) is 22.3 Å². The number of benzene rings is 2. The zero-order chi connectivity index (χ0) is 21.3. The number of hydrogen-bond donors (Lipinski definition) is 0. The van der Waals surface area contributed by atoms with Crippen LogP contribution in [0.2, 0.25) is 0 Å². The van der Waals surface area contributed by atoms with Crippen molar-refractivity contribution in [2.45, 2.75) is 57.3 Å². The van der Waals surface area contributed by atoms with Crippen LogP contribution in [0.25, 0.3) is 16.6 Å². The second kappa shape index (κ2) is 8.64. The third-order valence-corrected chi connectivity index (χ3v) is 6.77. The van der Waals surface area contributed by atoms with Gasteiger partial charge in [-0.25, -0.2) is 4.98 Å². The Hall–Kier alpha value is -2.60. The molecule has 2 heterocycles. The molecule has 1 aliphatic rings. The number of piperidine rings is 1. The molecule has 0 saturated carbocycles. The second-order valence-corrected chi connectivity index (χ2v) is 9.05. The average molecular weight is 422 g/mol. The van der Waals surface area contributed by atoms with Gasteiger partial charge in [0.25, 0.3) is 5.56 Å². The van der Waals surface area contributed by atoms with Crippen LogP contribution in [0, 0.1) is 6.92 Å². The Morgan fingerprint density at radius 1 is 1.07 bits per heavy atom. The molecule has 30 heavy (non-hydrogen) atoms. The number of carbonyl (C=O) groups is 1. The van der Waals surface area contributed by atoms with Crippen molar-refractivity contribution < 1.29 is 4.79 Å². The number of thioether (sulfide) groups is 1. The van der Waals surface area contributed by atoms with Crippen LogP contribution in [0.1, 0.15) is 38.7 Å². The van der Waals surface area contributed by atoms with E-state index in [4.69, 9.17) is 4.98 Å². The van der Waals surface area contributed by atoms with Gasteiger partial charge >= 0.3 is 0 Å². The van der Waals surface area contributed by atoms with Crippen LogP contribution in [0.4, 0.5) is 0 Å². The number of nitrogens with zero attached hydrogens (tertiary/aromatic N) is 3. The summed E-state index contributed by atoms with van der Waals surface area (Å²) in [6.45, 7) is 6.25. The van der Waals surface area contributed by atoms with Crippen molar-refractivity contribution in [1.29, 1.82) is 0 Å². The van der Waals surface area contributed by atoms with E-state index in [1.54, 1.807) is 10.6 Å². The smallest absolute Gasteiger partial charge is 0.266 e. The van der Waals surface area contributed by atoms with Gasteiger partial charge in [-0.1, -0.05) is 41.6 Å². The summed E-state index contributed by atoms with van der Waals surface area (Å²) in [5, 5.41) is 1.13. The number of amides is 1. The summed E-state index contributed by atoms with van der Waals surface area (Å²) in [6.07, 6.45) is 3.25. The maximum atomic E-state index is 13.3. The van der Waals surface area contributed by atoms with E-state index >= 15 is 0 Å². The fourth-order valence-corrected chi connectivity index (χ4v) is 5.13. The molecule has 6 heteroatoms. The highest BCUT2D eigenvalue weighted by molar-refractivity contribution is 7.99. The number of aryl methyl sites for hydroxylation is 1. The standard InChI is InChI=1S/C24H27N3O2S/c1-16-11-13-19(14-12-16)27-23(29)20-9-4-5-10-21(20)25-24(27)30-15-22(28)26-17(2)7-6-8-18(26)3/h4-5,9-14,17-18H,6-8,15H2,1-3H3/t17-,18+. The number of hydrogen-bond acceptors (Lipinski definition) is 4. The first-order valence-corrected chi connectivity index (χ1v) is 11.5. The first-order chi connectivity index (χ1) is 14.5. The summed E-state index contributed by atoms with van der Waals surface area (Å²) in [6, 6.07) is 15.7. The molecule has 1 aliphatic heterocycles. The van der Waals surface area contributed by atoms with Crippen molar-refractivity contribution in [1.82, 2.24) is 14.5 Å². The SMILES string of the molecule is Cc1ccc(-n2c(SCC(=O)N3[C@H](C)CCC[C@@H]3C)nc3ccccc3c2=O)cc1. The molecule has 4 rings (SSSR count). The van der Waals surface area contributed by atoms with Crippen molar-refractivity contribution in [2.75, 3.05) is 5.75 Å². The summed E-state index contributed by atoms with van der Waals surface area (Å²) in [5.74, 6) is 0.378. The highest BCUT2D eigenvalue weighted by atomic mass is 32.2. The fraction of sp³-hybridized carbons (Fsp3) is 0.375. The van der Waals surface area contributed by atoms with E-state index in [1.807, 2.05) is 54.3 Å². The van der Waals surface area contributed by atoms with Gasteiger partial charge in [-0.3, -0.25) is 14.2 Å². The van der Waals surface area contributed by atoms with Crippen LogP contribution < -0.4 is 5.56 Å². The molecule has 1 aromatic heterocycles. The van der Waals surface area contributed by atoms with Gasteiger partial charge in [-0.2, -0.15) is 0 Å². The van der Waals surface area contributed by atoms with E-state index in [0.29, 0.717) is 16.1 Å². The predicted octanol–water partition coefficient (Wildman–Crippen LogP) is 4.58. The Morgan fingerprint density at radius 3 is 2.43 bits per heavy atom. The van der Waals surface area contributed by atoms with Gasteiger partial charge in [0.15, 0.2) is 5.16 Å². The molecule has 0 aliphatic carbocycles. The van der Waals surface area contributed by atoms with E-state index in [0.717, 1.165) is 24.1 Å². The van der Waals surface area contributed by atoms with E-state index in [1.165, 1.54) is 18.2 Å². The summed E-state index contributed by atoms with van der Waals surface area (Å²) < 4.78 is 1.63. The lowest BCUT2D eigenvalue weighted by atomic mass is 9.98. The number of fused-ring (bicyclic) bond motifs is 1. The molecule has 1 amide bonds. The molecule has 2 aromatic carbocycles. The van der Waals surface area contributed by atoms with Crippen molar-refractivity contribution in [2.24, 2.45) is 0 Å². The summed E-state index contributed by atoms with van der Waals surface area (Å²) in [4.78, 5) is 33.1. The van der Waals surface area contributed by atoms with E-state index in [2.05, 4.69) is 13.8 Å². The van der Waals surface area contributed by atoms with Gasteiger partial charge in [-0.05, 0) is 64.3 Å². The molecule has 0 unspecified atom stereocenters. The van der Waals surface area contributed by atoms with Crippen molar-refractivity contribution >= 4 is 28.6 Å². The lowest BCUT2D eigenvalue weighted by Gasteiger charge is -2.39. The minimum atomic E-state index is -0.112. The molecule has 2 atom stereocenters. The lowest BCUT2D eigenvalue weighted by Crippen LogP contribution is -2.48. The quantitative estimate of drug-likeness (QED) is 0.457. The molecule has 1 saturated heterocycles. The highest BCUT2D eigenvalue weighted by Crippen LogP contribution is 2.26. The number of carbonyl (C=O) groups excluding carboxylic acids is 1. The Labute approximate surface area is 181 Å². The minimum Gasteiger partial charge on any atom is -0.337 e. The van der Waals surface area contributed by atoms with Crippen molar-refractivity contribution in [3.8, 4) is 5.69 Å². The number of likely N-dealkylation sites (tertiary alicyclic amines) is 1. The molecule has 0 N–H and O–H groups in total. The normalized spacial score (nSPS) is 19.2. The highest BCUT2D eigenvalue weighted by Gasteiger charge is 2.29. The Morgan fingerprint density at radius 2 is 1.73 bits per heavy atom. The second-order valence-electron chi connectivity index (χ2n) is 8.11.